The lowest BCUT2D eigenvalue weighted by molar-refractivity contribution is -0.189. The summed E-state index contributed by atoms with van der Waals surface area (Å²) >= 11 is 0. The van der Waals surface area contributed by atoms with Gasteiger partial charge in [0.2, 0.25) is 7.98 Å². The van der Waals surface area contributed by atoms with Crippen LogP contribution in [0.4, 0.5) is 17.6 Å². The Morgan fingerprint density at radius 2 is 2.16 bits per heavy atom. The van der Waals surface area contributed by atoms with Crippen molar-refractivity contribution in [3.8, 4) is 17.5 Å². The third kappa shape index (κ3) is 5.08. The second-order valence-corrected chi connectivity index (χ2v) is 6.99. The molecule has 31 heavy (non-hydrogen) atoms. The molecule has 0 N–H and O–H groups in total. The minimum absolute atomic E-state index is 0.0875. The Balaban J connectivity index is 1.92. The van der Waals surface area contributed by atoms with Crippen LogP contribution >= 0.6 is 0 Å². The van der Waals surface area contributed by atoms with Crippen molar-refractivity contribution in [1.29, 1.82) is 5.26 Å². The van der Waals surface area contributed by atoms with Crippen LogP contribution in [0.2, 0.25) is 0 Å². The number of alkyl halides is 3. The van der Waals surface area contributed by atoms with Crippen molar-refractivity contribution in [3.05, 3.63) is 39.8 Å². The minimum Gasteiger partial charge on any atom is -0.480 e. The third-order valence-corrected chi connectivity index (χ3v) is 4.77. The zero-order valence-corrected chi connectivity index (χ0v) is 16.8. The number of halogens is 4. The van der Waals surface area contributed by atoms with Gasteiger partial charge in [-0.25, -0.2) is 9.18 Å². The Morgan fingerprint density at radius 3 is 2.77 bits per heavy atom. The van der Waals surface area contributed by atoms with Gasteiger partial charge in [0.1, 0.15) is 29.9 Å². The van der Waals surface area contributed by atoms with E-state index in [0.29, 0.717) is 23.8 Å². The molecule has 0 amide bonds. The number of benzene rings is 1. The summed E-state index contributed by atoms with van der Waals surface area (Å²) in [5.74, 6) is -1.38. The largest absolute Gasteiger partial charge is 0.480 e. The first kappa shape index (κ1) is 22.8. The van der Waals surface area contributed by atoms with E-state index in [1.54, 1.807) is 6.07 Å². The van der Waals surface area contributed by atoms with Crippen LogP contribution in [-0.4, -0.2) is 47.4 Å². The summed E-state index contributed by atoms with van der Waals surface area (Å²) in [7, 11) is 1.40. The molecule has 2 heterocycles. The summed E-state index contributed by atoms with van der Waals surface area (Å²) < 4.78 is 70.8. The predicted octanol–water partition coefficient (Wildman–Crippen LogP) is 1.81. The Bertz CT molecular complexity index is 1040. The van der Waals surface area contributed by atoms with Gasteiger partial charge in [-0.2, -0.15) is 23.1 Å². The van der Waals surface area contributed by atoms with Gasteiger partial charge in [-0.05, 0) is 32.3 Å². The molecule has 2 atom stereocenters. The van der Waals surface area contributed by atoms with Crippen LogP contribution in [0.3, 0.4) is 0 Å². The third-order valence-electron chi connectivity index (χ3n) is 4.77. The van der Waals surface area contributed by atoms with Gasteiger partial charge in [0.15, 0.2) is 18.2 Å². The Kier molecular flexibility index (Phi) is 6.71. The second kappa shape index (κ2) is 9.11. The molecule has 1 aromatic carbocycles. The average molecular weight is 442 g/mol. The number of nitrogens with zero attached hydrogens (tertiary/aromatic N) is 4. The zero-order chi connectivity index (χ0) is 22.8. The number of hydrogen-bond acceptors (Lipinski definition) is 6. The second-order valence-electron chi connectivity index (χ2n) is 6.99. The van der Waals surface area contributed by atoms with Gasteiger partial charge >= 0.3 is 11.9 Å². The van der Waals surface area contributed by atoms with Gasteiger partial charge in [-0.15, -0.1) is 5.10 Å². The molecule has 1 aliphatic rings. The Morgan fingerprint density at radius 1 is 1.42 bits per heavy atom. The summed E-state index contributed by atoms with van der Waals surface area (Å²) in [6.07, 6.45) is -4.83. The summed E-state index contributed by atoms with van der Waals surface area (Å²) in [5.41, 5.74) is -1.65. The van der Waals surface area contributed by atoms with Crippen molar-refractivity contribution in [3.63, 3.8) is 0 Å². The molecule has 0 radical (unpaired) electrons. The SMILES string of the molecule is Bn1c(COC2CCCCO2)nn(-c2cc(O[C@@H](C)C(F)(F)F)c(C#N)cc2F)c1=O. The molecule has 13 heteroatoms. The van der Waals surface area contributed by atoms with Gasteiger partial charge in [0, 0.05) is 12.7 Å². The summed E-state index contributed by atoms with van der Waals surface area (Å²) in [6, 6.07) is 3.12. The summed E-state index contributed by atoms with van der Waals surface area (Å²) in [5, 5.41) is 13.2. The quantitative estimate of drug-likeness (QED) is 0.501. The molecule has 0 spiro atoms. The van der Waals surface area contributed by atoms with Crippen molar-refractivity contribution in [2.75, 3.05) is 6.61 Å². The topological polar surface area (TPSA) is 91.3 Å². The fraction of sp³-hybridized carbons (Fsp3) is 0.500. The van der Waals surface area contributed by atoms with Gasteiger partial charge in [-0.1, -0.05) is 0 Å². The van der Waals surface area contributed by atoms with E-state index in [1.807, 2.05) is 0 Å². The molecule has 0 aliphatic carbocycles. The molecule has 1 saturated heterocycles. The Hall–Kier alpha value is -2.85. The fourth-order valence-electron chi connectivity index (χ4n) is 2.92. The van der Waals surface area contributed by atoms with Crippen LogP contribution in [-0.2, 0) is 16.1 Å². The molecule has 166 valence electrons. The van der Waals surface area contributed by atoms with E-state index in [-0.39, 0.29) is 12.4 Å². The van der Waals surface area contributed by atoms with Gasteiger partial charge in [-0.3, -0.25) is 0 Å². The highest BCUT2D eigenvalue weighted by atomic mass is 19.4. The lowest BCUT2D eigenvalue weighted by atomic mass is 10.2. The van der Waals surface area contributed by atoms with Crippen molar-refractivity contribution >= 4 is 7.98 Å². The lowest BCUT2D eigenvalue weighted by Gasteiger charge is -2.22. The van der Waals surface area contributed by atoms with E-state index in [1.165, 1.54) is 7.98 Å². The van der Waals surface area contributed by atoms with Crippen LogP contribution in [0.1, 0.15) is 37.6 Å². The zero-order valence-electron chi connectivity index (χ0n) is 16.8. The number of nitriles is 1. The summed E-state index contributed by atoms with van der Waals surface area (Å²) in [4.78, 5) is 12.6. The van der Waals surface area contributed by atoms with E-state index < -0.39 is 47.1 Å². The molecular formula is C18H19BF4N4O4. The average Bonchev–Trinajstić information content (AvgIpc) is 3.01. The van der Waals surface area contributed by atoms with Crippen LogP contribution in [0, 0.1) is 17.1 Å². The molecule has 1 unspecified atom stereocenters. The highest BCUT2D eigenvalue weighted by Crippen LogP contribution is 2.30. The molecule has 3 rings (SSSR count). The monoisotopic (exact) mass is 442 g/mol. The molecule has 8 nitrogen and oxygen atoms in total. The highest BCUT2D eigenvalue weighted by Gasteiger charge is 2.38. The minimum atomic E-state index is -4.70. The van der Waals surface area contributed by atoms with E-state index in [4.69, 9.17) is 19.5 Å². The molecule has 1 aromatic heterocycles. The van der Waals surface area contributed by atoms with Crippen molar-refractivity contribution in [2.45, 2.75) is 51.4 Å². The predicted molar refractivity (Wildman–Crippen MR) is 101 cm³/mol. The van der Waals surface area contributed by atoms with Gasteiger partial charge < -0.3 is 18.7 Å². The van der Waals surface area contributed by atoms with Gasteiger partial charge in [0.25, 0.3) is 0 Å². The molecule has 1 fully saturated rings. The first-order valence-electron chi connectivity index (χ1n) is 9.47. The van der Waals surface area contributed by atoms with E-state index >= 15 is 0 Å². The normalized spacial score (nSPS) is 17.9. The van der Waals surface area contributed by atoms with Gasteiger partial charge in [0.05, 0.1) is 5.56 Å². The van der Waals surface area contributed by atoms with Crippen LogP contribution in [0.25, 0.3) is 5.69 Å². The first-order valence-corrected chi connectivity index (χ1v) is 9.47. The van der Waals surface area contributed by atoms with E-state index in [0.717, 1.165) is 30.3 Å². The van der Waals surface area contributed by atoms with Crippen LogP contribution in [0.15, 0.2) is 16.9 Å². The maximum Gasteiger partial charge on any atom is 0.425 e. The molecule has 2 aromatic rings. The number of aromatic nitrogens is 3. The molecule has 0 bridgehead atoms. The van der Waals surface area contributed by atoms with Crippen molar-refractivity contribution in [2.24, 2.45) is 0 Å². The number of ether oxygens (including phenoxy) is 3. The smallest absolute Gasteiger partial charge is 0.425 e. The van der Waals surface area contributed by atoms with Crippen LogP contribution in [0.5, 0.6) is 5.75 Å². The maximum absolute atomic E-state index is 14.6. The Labute approximate surface area is 175 Å². The van der Waals surface area contributed by atoms with E-state index in [9.17, 15) is 22.4 Å². The highest BCUT2D eigenvalue weighted by molar-refractivity contribution is 6.06. The number of hydrogen-bond donors (Lipinski definition) is 0. The summed E-state index contributed by atoms with van der Waals surface area (Å²) in [6.45, 7) is 1.23. The molecule has 0 saturated carbocycles. The van der Waals surface area contributed by atoms with E-state index in [2.05, 4.69) is 5.10 Å². The molecule has 1 aliphatic heterocycles. The first-order chi connectivity index (χ1) is 14.6. The van der Waals surface area contributed by atoms with Crippen molar-refractivity contribution < 1.29 is 31.8 Å². The van der Waals surface area contributed by atoms with Crippen LogP contribution < -0.4 is 10.4 Å². The standard InChI is InChI=1S/C18H19BF4N4O4/c1-10(18(21,22)23)31-14-7-13(12(20)6-11(14)8-24)27-17(28)26(19)15(25-27)9-30-16-4-2-3-5-29-16/h6-7,10,16H,2-5,9,19H2,1H3/t10-,16?/m0/s1. The van der Waals surface area contributed by atoms with Crippen molar-refractivity contribution in [1.82, 2.24) is 14.3 Å². The number of rotatable bonds is 6. The lowest BCUT2D eigenvalue weighted by Crippen LogP contribution is -2.31. The maximum atomic E-state index is 14.6. The fourth-order valence-corrected chi connectivity index (χ4v) is 2.92. The molecular weight excluding hydrogens is 423 g/mol.